The first-order valence-electron chi connectivity index (χ1n) is 8.95. The van der Waals surface area contributed by atoms with Gasteiger partial charge < -0.3 is 48.2 Å². The van der Waals surface area contributed by atoms with Crippen molar-refractivity contribution < 1.29 is 57.1 Å². The Kier molecular flexibility index (Phi) is 9.34. The molecule has 2 aromatic rings. The molecule has 30 heavy (non-hydrogen) atoms. The number of ether oxygens (including phenoxy) is 4. The second-order valence-corrected chi connectivity index (χ2v) is 7.08. The fourth-order valence-corrected chi connectivity index (χ4v) is 2.60. The van der Waals surface area contributed by atoms with Crippen LogP contribution in [0.2, 0.25) is 0 Å². The third-order valence-electron chi connectivity index (χ3n) is 4.16. The average molecular weight is 530 g/mol. The highest BCUT2D eigenvalue weighted by molar-refractivity contribution is 5.94. The molecule has 0 fully saturated rings. The third kappa shape index (κ3) is 6.48. The van der Waals surface area contributed by atoms with Crippen molar-refractivity contribution in [2.24, 2.45) is 7.05 Å². The van der Waals surface area contributed by atoms with Crippen LogP contribution in [0.3, 0.4) is 0 Å². The van der Waals surface area contributed by atoms with E-state index in [1.807, 2.05) is 11.6 Å². The molecule has 0 bridgehead atoms. The summed E-state index contributed by atoms with van der Waals surface area (Å²) in [6.45, 7) is 3.53. The number of hydrogen-bond donors (Lipinski definition) is 1. The van der Waals surface area contributed by atoms with Crippen molar-refractivity contribution in [2.45, 2.75) is 19.4 Å². The first-order chi connectivity index (χ1) is 13.7. The van der Waals surface area contributed by atoms with E-state index in [2.05, 4.69) is 5.32 Å². The highest BCUT2D eigenvalue weighted by Crippen LogP contribution is 2.38. The van der Waals surface area contributed by atoms with Gasteiger partial charge in [0.2, 0.25) is 5.75 Å². The lowest BCUT2D eigenvalue weighted by Gasteiger charge is -2.25. The minimum absolute atomic E-state index is 0. The van der Waals surface area contributed by atoms with E-state index < -0.39 is 11.5 Å². The Balaban J connectivity index is 0.00000450. The summed E-state index contributed by atoms with van der Waals surface area (Å²) >= 11 is 0. The van der Waals surface area contributed by atoms with Gasteiger partial charge in [-0.15, -0.1) is 0 Å². The summed E-state index contributed by atoms with van der Waals surface area (Å²) in [5.41, 5.74) is -0.00452. The summed E-state index contributed by atoms with van der Waals surface area (Å²) in [7, 11) is 6.29. The number of esters is 1. The third-order valence-corrected chi connectivity index (χ3v) is 4.16. The molecule has 2 rings (SSSR count). The van der Waals surface area contributed by atoms with Crippen molar-refractivity contribution in [1.29, 1.82) is 0 Å². The Hall–Kier alpha value is -2.56. The molecule has 0 spiro atoms. The average Bonchev–Trinajstić information content (AvgIpc) is 2.70. The van der Waals surface area contributed by atoms with Gasteiger partial charge in [-0.2, -0.15) is 0 Å². The van der Waals surface area contributed by atoms with Crippen LogP contribution in [0, 0.1) is 0 Å². The molecule has 1 aromatic heterocycles. The van der Waals surface area contributed by atoms with Crippen LogP contribution in [0.1, 0.15) is 34.6 Å². The molecule has 0 unspecified atom stereocenters. The van der Waals surface area contributed by atoms with Crippen LogP contribution in [0.15, 0.2) is 36.7 Å². The lowest BCUT2D eigenvalue weighted by atomic mass is 10.1. The fraction of sp³-hybridized carbons (Fsp3) is 0.381. The zero-order valence-corrected chi connectivity index (χ0v) is 20.1. The number of carbonyl (C=O) groups is 2. The van der Waals surface area contributed by atoms with E-state index in [1.54, 1.807) is 38.4 Å². The van der Waals surface area contributed by atoms with Crippen LogP contribution >= 0.6 is 0 Å². The van der Waals surface area contributed by atoms with Gasteiger partial charge in [0.05, 0.1) is 38.0 Å². The van der Waals surface area contributed by atoms with Gasteiger partial charge in [-0.3, -0.25) is 4.79 Å². The number of methoxy groups -OCH3 is 3. The number of nitrogens with zero attached hydrogens (tertiary/aromatic N) is 1. The molecule has 1 N–H and O–H groups in total. The summed E-state index contributed by atoms with van der Waals surface area (Å²) in [5, 5.41) is 2.87. The van der Waals surface area contributed by atoms with Crippen molar-refractivity contribution in [3.05, 3.63) is 47.8 Å². The lowest BCUT2D eigenvalue weighted by molar-refractivity contribution is -0.671. The first kappa shape index (κ1) is 25.5. The number of benzene rings is 1. The molecule has 0 saturated heterocycles. The molecule has 0 aliphatic heterocycles. The molecule has 164 valence electrons. The van der Waals surface area contributed by atoms with Gasteiger partial charge in [-0.1, -0.05) is 0 Å². The number of amides is 1. The number of hydrogen-bond acceptors (Lipinski definition) is 6. The normalized spacial score (nSPS) is 10.5. The summed E-state index contributed by atoms with van der Waals surface area (Å²) < 4.78 is 23.0. The molecule has 1 amide bonds. The standard InChI is InChI=1S/C21H26N2O6.HI/c1-21(2,22-19(24)14-7-9-23(3)10-8-14)13-29-20(25)15-11-16(26-4)18(28-6)17(12-15)27-5;/h7-12H,13H2,1-6H3;1H. The maximum atomic E-state index is 12.5. The van der Waals surface area contributed by atoms with Gasteiger partial charge in [-0.05, 0) is 26.0 Å². The van der Waals surface area contributed by atoms with E-state index in [0.717, 1.165) is 0 Å². The van der Waals surface area contributed by atoms with Crippen molar-refractivity contribution >= 4 is 11.9 Å². The summed E-state index contributed by atoms with van der Waals surface area (Å²) in [6, 6.07) is 6.46. The molecular formula is C21H27IN2O6. The Bertz CT molecular complexity index is 859. The van der Waals surface area contributed by atoms with E-state index in [0.29, 0.717) is 22.8 Å². The zero-order valence-electron chi connectivity index (χ0n) is 17.9. The number of carbonyl (C=O) groups excluding carboxylic acids is 2. The van der Waals surface area contributed by atoms with E-state index in [4.69, 9.17) is 18.9 Å². The van der Waals surface area contributed by atoms with E-state index in [9.17, 15) is 9.59 Å². The largest absolute Gasteiger partial charge is 1.00 e. The molecule has 0 aliphatic carbocycles. The Morgan fingerprint density at radius 1 is 0.967 bits per heavy atom. The number of nitrogens with one attached hydrogen (secondary N) is 1. The maximum Gasteiger partial charge on any atom is 0.338 e. The molecular weight excluding hydrogens is 503 g/mol. The molecule has 0 atom stereocenters. The van der Waals surface area contributed by atoms with Gasteiger partial charge in [-0.25, -0.2) is 9.36 Å². The Morgan fingerprint density at radius 2 is 1.50 bits per heavy atom. The molecule has 9 heteroatoms. The van der Waals surface area contributed by atoms with Gasteiger partial charge in [0.1, 0.15) is 13.7 Å². The van der Waals surface area contributed by atoms with E-state index in [1.165, 1.54) is 33.5 Å². The first-order valence-corrected chi connectivity index (χ1v) is 8.95. The van der Waals surface area contributed by atoms with Crippen molar-refractivity contribution in [3.8, 4) is 17.2 Å². The van der Waals surface area contributed by atoms with Gasteiger partial charge in [0.15, 0.2) is 23.9 Å². The van der Waals surface area contributed by atoms with Crippen LogP contribution in [0.4, 0.5) is 0 Å². The van der Waals surface area contributed by atoms with Gasteiger partial charge in [0.25, 0.3) is 5.91 Å². The maximum absolute atomic E-state index is 12.5. The quantitative estimate of drug-likeness (QED) is 0.265. The van der Waals surface area contributed by atoms with Crippen LogP contribution in [0.25, 0.3) is 0 Å². The SMILES string of the molecule is COc1cc(C(=O)OCC(C)(C)NC(=O)c2cc[n+](C)cc2)cc(OC)c1OC.[I-]. The zero-order chi connectivity index (χ0) is 21.6. The van der Waals surface area contributed by atoms with Crippen molar-refractivity contribution in [1.82, 2.24) is 5.32 Å². The summed E-state index contributed by atoms with van der Waals surface area (Å²) in [4.78, 5) is 24.9. The lowest BCUT2D eigenvalue weighted by Crippen LogP contribution is -3.00. The van der Waals surface area contributed by atoms with Crippen molar-refractivity contribution in [2.75, 3.05) is 27.9 Å². The number of pyridine rings is 1. The van der Waals surface area contributed by atoms with Crippen LogP contribution in [-0.4, -0.2) is 45.4 Å². The van der Waals surface area contributed by atoms with Gasteiger partial charge >= 0.3 is 5.97 Å². The highest BCUT2D eigenvalue weighted by atomic mass is 127. The molecule has 1 heterocycles. The van der Waals surface area contributed by atoms with E-state index >= 15 is 0 Å². The number of rotatable bonds is 8. The summed E-state index contributed by atoms with van der Waals surface area (Å²) in [5.74, 6) is 0.264. The number of halogens is 1. The Morgan fingerprint density at radius 3 is 1.97 bits per heavy atom. The molecule has 0 radical (unpaired) electrons. The molecule has 8 nitrogen and oxygen atoms in total. The molecule has 0 saturated carbocycles. The molecule has 1 aromatic carbocycles. The van der Waals surface area contributed by atoms with E-state index in [-0.39, 0.29) is 42.1 Å². The smallest absolute Gasteiger partial charge is 0.338 e. The van der Waals surface area contributed by atoms with Crippen LogP contribution in [0.5, 0.6) is 17.2 Å². The second-order valence-electron chi connectivity index (χ2n) is 7.08. The minimum atomic E-state index is -0.772. The van der Waals surface area contributed by atoms with Crippen LogP contribution < -0.4 is 48.1 Å². The highest BCUT2D eigenvalue weighted by Gasteiger charge is 2.25. The molecule has 0 aliphatic rings. The predicted molar refractivity (Wildman–Crippen MR) is 106 cm³/mol. The van der Waals surface area contributed by atoms with Crippen LogP contribution in [-0.2, 0) is 11.8 Å². The topological polar surface area (TPSA) is 87.0 Å². The predicted octanol–water partition coefficient (Wildman–Crippen LogP) is -1.09. The second kappa shape index (κ2) is 11.0. The minimum Gasteiger partial charge on any atom is -1.00 e. The van der Waals surface area contributed by atoms with Gasteiger partial charge in [0, 0.05) is 12.1 Å². The monoisotopic (exact) mass is 530 g/mol. The van der Waals surface area contributed by atoms with Crippen molar-refractivity contribution in [3.63, 3.8) is 0 Å². The number of aromatic nitrogens is 1. The summed E-state index contributed by atoms with van der Waals surface area (Å²) in [6.07, 6.45) is 3.57. The fourth-order valence-electron chi connectivity index (χ4n) is 2.60. The number of aryl methyl sites for hydroxylation is 1. The Labute approximate surface area is 193 Å².